The quantitative estimate of drug-likeness (QED) is 0.829. The van der Waals surface area contributed by atoms with Crippen molar-refractivity contribution in [3.63, 3.8) is 0 Å². The summed E-state index contributed by atoms with van der Waals surface area (Å²) < 4.78 is 43.3. The maximum Gasteiger partial charge on any atom is 0.416 e. The van der Waals surface area contributed by atoms with Crippen LogP contribution in [-0.4, -0.2) is 0 Å². The second kappa shape index (κ2) is 6.13. The first-order valence-electron chi connectivity index (χ1n) is 5.84. The average Bonchev–Trinajstić information content (AvgIpc) is 2.42. The molecule has 0 radical (unpaired) electrons. The van der Waals surface area contributed by atoms with Crippen LogP contribution in [0.2, 0.25) is 10.0 Å². The smallest absolute Gasteiger partial charge is 0.416 e. The Labute approximate surface area is 129 Å². The maximum atomic E-state index is 12.6. The van der Waals surface area contributed by atoms with Gasteiger partial charge in [-0.3, -0.25) is 0 Å². The number of alkyl halides is 3. The van der Waals surface area contributed by atoms with Crippen molar-refractivity contribution in [1.82, 2.24) is 0 Å². The lowest BCUT2D eigenvalue weighted by Crippen LogP contribution is -2.04. The first kappa shape index (κ1) is 15.9. The molecule has 7 heteroatoms. The number of benzene rings is 2. The fraction of sp³-hybridized carbons (Fsp3) is 0.143. The van der Waals surface area contributed by atoms with E-state index in [-0.39, 0.29) is 28.1 Å². The van der Waals surface area contributed by atoms with Gasteiger partial charge in [0.25, 0.3) is 0 Å². The third-order valence-electron chi connectivity index (χ3n) is 2.68. The molecule has 2 N–H and O–H groups in total. The van der Waals surface area contributed by atoms with E-state index in [2.05, 4.69) is 0 Å². The summed E-state index contributed by atoms with van der Waals surface area (Å²) in [4.78, 5) is 0. The van der Waals surface area contributed by atoms with Crippen molar-refractivity contribution in [3.05, 3.63) is 57.6 Å². The zero-order chi connectivity index (χ0) is 15.6. The summed E-state index contributed by atoms with van der Waals surface area (Å²) >= 11 is 12.0. The molecule has 0 amide bonds. The fourth-order valence-electron chi connectivity index (χ4n) is 1.68. The number of rotatable bonds is 3. The van der Waals surface area contributed by atoms with Gasteiger partial charge in [-0.1, -0.05) is 29.3 Å². The average molecular weight is 336 g/mol. The summed E-state index contributed by atoms with van der Waals surface area (Å²) in [5.41, 5.74) is 5.36. The standard InChI is InChI=1S/C14H10Cl2F3NO/c15-11-4-8(7-20)5-12(16)13(11)21-10-3-1-2-9(6-10)14(17,18)19/h1-6H,7,20H2. The topological polar surface area (TPSA) is 35.2 Å². The van der Waals surface area contributed by atoms with Crippen molar-refractivity contribution in [1.29, 1.82) is 0 Å². The second-order valence-electron chi connectivity index (χ2n) is 4.22. The highest BCUT2D eigenvalue weighted by Gasteiger charge is 2.30. The van der Waals surface area contributed by atoms with Crippen molar-refractivity contribution in [3.8, 4) is 11.5 Å². The molecule has 0 unspecified atom stereocenters. The van der Waals surface area contributed by atoms with Crippen LogP contribution >= 0.6 is 23.2 Å². The van der Waals surface area contributed by atoms with Crippen LogP contribution in [0.5, 0.6) is 11.5 Å². The predicted molar refractivity (Wildman–Crippen MR) is 75.9 cm³/mol. The van der Waals surface area contributed by atoms with Crippen LogP contribution in [-0.2, 0) is 12.7 Å². The molecule has 0 fully saturated rings. The normalized spacial score (nSPS) is 11.5. The molecule has 0 aromatic heterocycles. The van der Waals surface area contributed by atoms with E-state index in [4.69, 9.17) is 33.7 Å². The van der Waals surface area contributed by atoms with Gasteiger partial charge in [-0.2, -0.15) is 13.2 Å². The van der Waals surface area contributed by atoms with Crippen LogP contribution in [0.4, 0.5) is 13.2 Å². The number of ether oxygens (including phenoxy) is 1. The third kappa shape index (κ3) is 3.81. The first-order valence-corrected chi connectivity index (χ1v) is 6.60. The van der Waals surface area contributed by atoms with Gasteiger partial charge in [0.1, 0.15) is 5.75 Å². The summed E-state index contributed by atoms with van der Waals surface area (Å²) in [6.45, 7) is 0.239. The lowest BCUT2D eigenvalue weighted by molar-refractivity contribution is -0.137. The molecule has 0 heterocycles. The minimum Gasteiger partial charge on any atom is -0.454 e. The van der Waals surface area contributed by atoms with Crippen molar-refractivity contribution < 1.29 is 17.9 Å². The van der Waals surface area contributed by atoms with E-state index in [1.807, 2.05) is 0 Å². The van der Waals surface area contributed by atoms with Crippen molar-refractivity contribution >= 4 is 23.2 Å². The zero-order valence-corrected chi connectivity index (χ0v) is 12.1. The molecule has 0 aliphatic heterocycles. The van der Waals surface area contributed by atoms with Gasteiger partial charge in [-0.25, -0.2) is 0 Å². The summed E-state index contributed by atoms with van der Waals surface area (Å²) in [5, 5.41) is 0.362. The van der Waals surface area contributed by atoms with Crippen LogP contribution < -0.4 is 10.5 Å². The summed E-state index contributed by atoms with van der Waals surface area (Å²) in [6.07, 6.45) is -4.45. The third-order valence-corrected chi connectivity index (χ3v) is 3.24. The van der Waals surface area contributed by atoms with E-state index < -0.39 is 11.7 Å². The molecule has 0 saturated heterocycles. The molecule has 2 aromatic carbocycles. The predicted octanol–water partition coefficient (Wildman–Crippen LogP) is 5.26. The molecule has 0 bridgehead atoms. The van der Waals surface area contributed by atoms with Crippen molar-refractivity contribution in [2.75, 3.05) is 0 Å². The molecule has 2 aromatic rings. The van der Waals surface area contributed by atoms with Gasteiger partial charge in [-0.05, 0) is 35.9 Å². The Balaban J connectivity index is 2.35. The molecule has 2 rings (SSSR count). The van der Waals surface area contributed by atoms with E-state index in [0.717, 1.165) is 12.1 Å². The maximum absolute atomic E-state index is 12.6. The first-order chi connectivity index (χ1) is 9.81. The van der Waals surface area contributed by atoms with Crippen LogP contribution in [0.1, 0.15) is 11.1 Å². The molecule has 0 atom stereocenters. The van der Waals surface area contributed by atoms with Crippen molar-refractivity contribution in [2.24, 2.45) is 5.73 Å². The monoisotopic (exact) mass is 335 g/mol. The van der Waals surface area contributed by atoms with Gasteiger partial charge in [0.15, 0.2) is 5.75 Å². The van der Waals surface area contributed by atoms with Gasteiger partial charge in [0.2, 0.25) is 0 Å². The van der Waals surface area contributed by atoms with Gasteiger partial charge >= 0.3 is 6.18 Å². The summed E-state index contributed by atoms with van der Waals surface area (Å²) in [6, 6.07) is 7.57. The molecule has 112 valence electrons. The van der Waals surface area contributed by atoms with Crippen LogP contribution in [0.3, 0.4) is 0 Å². The van der Waals surface area contributed by atoms with Gasteiger partial charge < -0.3 is 10.5 Å². The molecule has 2 nitrogen and oxygen atoms in total. The Bertz CT molecular complexity index is 636. The van der Waals surface area contributed by atoms with Gasteiger partial charge in [-0.15, -0.1) is 0 Å². The fourth-order valence-corrected chi connectivity index (χ4v) is 2.29. The zero-order valence-electron chi connectivity index (χ0n) is 10.5. The second-order valence-corrected chi connectivity index (χ2v) is 5.03. The Morgan fingerprint density at radius 3 is 2.19 bits per heavy atom. The summed E-state index contributed by atoms with van der Waals surface area (Å²) in [5.74, 6) is 0.0870. The Kier molecular flexibility index (Phi) is 4.66. The number of hydrogen-bond acceptors (Lipinski definition) is 2. The highest BCUT2D eigenvalue weighted by Crippen LogP contribution is 2.39. The van der Waals surface area contributed by atoms with E-state index in [1.54, 1.807) is 12.1 Å². The SMILES string of the molecule is NCc1cc(Cl)c(Oc2cccc(C(F)(F)F)c2)c(Cl)c1. The van der Waals surface area contributed by atoms with Crippen LogP contribution in [0.25, 0.3) is 0 Å². The molecular weight excluding hydrogens is 326 g/mol. The Morgan fingerprint density at radius 1 is 1.05 bits per heavy atom. The van der Waals surface area contributed by atoms with Crippen LogP contribution in [0, 0.1) is 0 Å². The Morgan fingerprint density at radius 2 is 1.67 bits per heavy atom. The number of nitrogens with two attached hydrogens (primary N) is 1. The molecule has 0 aliphatic carbocycles. The molecule has 0 saturated carbocycles. The summed E-state index contributed by atoms with van der Waals surface area (Å²) in [7, 11) is 0. The molecule has 21 heavy (non-hydrogen) atoms. The minimum atomic E-state index is -4.45. The lowest BCUT2D eigenvalue weighted by Gasteiger charge is -2.13. The molecular formula is C14H10Cl2F3NO. The van der Waals surface area contributed by atoms with E-state index in [1.165, 1.54) is 12.1 Å². The van der Waals surface area contributed by atoms with Gasteiger partial charge in [0, 0.05) is 6.54 Å². The highest BCUT2D eigenvalue weighted by atomic mass is 35.5. The lowest BCUT2D eigenvalue weighted by atomic mass is 10.2. The molecule has 0 aliphatic rings. The number of hydrogen-bond donors (Lipinski definition) is 1. The van der Waals surface area contributed by atoms with Crippen molar-refractivity contribution in [2.45, 2.75) is 12.7 Å². The number of halogens is 5. The molecule has 0 spiro atoms. The minimum absolute atomic E-state index is 0.00544. The van der Waals surface area contributed by atoms with E-state index in [9.17, 15) is 13.2 Å². The van der Waals surface area contributed by atoms with E-state index in [0.29, 0.717) is 5.56 Å². The van der Waals surface area contributed by atoms with E-state index >= 15 is 0 Å². The Hall–Kier alpha value is -1.43. The van der Waals surface area contributed by atoms with Gasteiger partial charge in [0.05, 0.1) is 15.6 Å². The van der Waals surface area contributed by atoms with Crippen LogP contribution in [0.15, 0.2) is 36.4 Å². The highest BCUT2D eigenvalue weighted by molar-refractivity contribution is 6.37. The largest absolute Gasteiger partial charge is 0.454 e.